The first-order valence-electron chi connectivity index (χ1n) is 11.7. The van der Waals surface area contributed by atoms with Crippen molar-refractivity contribution in [3.8, 4) is 0 Å². The van der Waals surface area contributed by atoms with Gasteiger partial charge in [0.2, 0.25) is 0 Å². The first-order valence-corrected chi connectivity index (χ1v) is 11.7. The number of fused-ring (bicyclic) bond motifs is 1. The van der Waals surface area contributed by atoms with Crippen LogP contribution in [-0.2, 0) is 11.8 Å². The van der Waals surface area contributed by atoms with E-state index in [1.165, 1.54) is 49.8 Å². The van der Waals surface area contributed by atoms with Crippen molar-refractivity contribution < 1.29 is 4.79 Å². The van der Waals surface area contributed by atoms with Gasteiger partial charge in [-0.25, -0.2) is 0 Å². The molecule has 0 bridgehead atoms. The Labute approximate surface area is 175 Å². The number of hydrogen-bond donors (Lipinski definition) is 0. The van der Waals surface area contributed by atoms with Gasteiger partial charge in [0.1, 0.15) is 0 Å². The van der Waals surface area contributed by atoms with Crippen LogP contribution < -0.4 is 0 Å². The molecular formula is C27H33NO. The highest BCUT2D eigenvalue weighted by molar-refractivity contribution is 6.08. The molecule has 1 unspecified atom stereocenters. The lowest BCUT2D eigenvalue weighted by Gasteiger charge is -2.43. The van der Waals surface area contributed by atoms with E-state index in [1.54, 1.807) is 0 Å². The minimum atomic E-state index is -0.359. The van der Waals surface area contributed by atoms with Crippen molar-refractivity contribution in [3.05, 3.63) is 71.3 Å². The first kappa shape index (κ1) is 19.1. The Kier molecular flexibility index (Phi) is 5.30. The van der Waals surface area contributed by atoms with Crippen LogP contribution >= 0.6 is 0 Å². The summed E-state index contributed by atoms with van der Waals surface area (Å²) in [6, 6.07) is 19.0. The molecule has 3 aliphatic rings. The summed E-state index contributed by atoms with van der Waals surface area (Å²) < 4.78 is 0. The summed E-state index contributed by atoms with van der Waals surface area (Å²) in [6.07, 6.45) is 10.3. The van der Waals surface area contributed by atoms with Gasteiger partial charge >= 0.3 is 0 Å². The summed E-state index contributed by atoms with van der Waals surface area (Å²) in [4.78, 5) is 16.5. The van der Waals surface area contributed by atoms with Crippen LogP contribution in [0.15, 0.2) is 54.6 Å². The van der Waals surface area contributed by atoms with E-state index >= 15 is 0 Å². The predicted molar refractivity (Wildman–Crippen MR) is 118 cm³/mol. The van der Waals surface area contributed by atoms with E-state index in [4.69, 9.17) is 0 Å². The monoisotopic (exact) mass is 387 g/mol. The van der Waals surface area contributed by atoms with Gasteiger partial charge in [0.05, 0.1) is 5.41 Å². The van der Waals surface area contributed by atoms with Gasteiger partial charge in [-0.2, -0.15) is 0 Å². The third-order valence-electron chi connectivity index (χ3n) is 7.95. The van der Waals surface area contributed by atoms with Crippen LogP contribution in [0, 0.1) is 11.8 Å². The zero-order chi connectivity index (χ0) is 19.7. The summed E-state index contributed by atoms with van der Waals surface area (Å²) in [6.45, 7) is 3.58. The van der Waals surface area contributed by atoms with Crippen molar-refractivity contribution in [3.63, 3.8) is 0 Å². The third kappa shape index (κ3) is 3.46. The van der Waals surface area contributed by atoms with Crippen LogP contribution in [0.4, 0.5) is 0 Å². The molecule has 1 heterocycles. The van der Waals surface area contributed by atoms with E-state index < -0.39 is 0 Å². The molecular weight excluding hydrogens is 354 g/mol. The van der Waals surface area contributed by atoms with Gasteiger partial charge in [0, 0.05) is 12.1 Å². The molecule has 2 aromatic carbocycles. The fourth-order valence-corrected chi connectivity index (χ4v) is 6.39. The SMILES string of the molecule is O=C1c2ccccc2CC1(c1ccccc1)C1CCN(CC2CCCCC2)CC1. The van der Waals surface area contributed by atoms with Gasteiger partial charge in [0.15, 0.2) is 5.78 Å². The number of Topliss-reactive ketones (excluding diaryl/α,β-unsaturated/α-hetero) is 1. The summed E-state index contributed by atoms with van der Waals surface area (Å²) in [5.74, 6) is 1.71. The van der Waals surface area contributed by atoms with E-state index in [0.29, 0.717) is 11.7 Å². The Balaban J connectivity index is 1.37. The van der Waals surface area contributed by atoms with Crippen molar-refractivity contribution in [2.75, 3.05) is 19.6 Å². The molecule has 152 valence electrons. The summed E-state index contributed by atoms with van der Waals surface area (Å²) >= 11 is 0. The lowest BCUT2D eigenvalue weighted by Crippen LogP contribution is -2.48. The molecule has 1 atom stereocenters. The Hall–Kier alpha value is -1.93. The number of rotatable bonds is 4. The van der Waals surface area contributed by atoms with Crippen LogP contribution in [0.1, 0.15) is 66.4 Å². The Morgan fingerprint density at radius 3 is 2.24 bits per heavy atom. The van der Waals surface area contributed by atoms with E-state index in [9.17, 15) is 4.79 Å². The maximum Gasteiger partial charge on any atom is 0.174 e. The quantitative estimate of drug-likeness (QED) is 0.675. The highest BCUT2D eigenvalue weighted by Gasteiger charge is 2.52. The average molecular weight is 388 g/mol. The van der Waals surface area contributed by atoms with Gasteiger partial charge in [-0.15, -0.1) is 0 Å². The summed E-state index contributed by atoms with van der Waals surface area (Å²) in [5, 5.41) is 0. The molecule has 2 aromatic rings. The Bertz CT molecular complexity index is 846. The molecule has 2 aliphatic carbocycles. The Morgan fingerprint density at radius 1 is 0.828 bits per heavy atom. The van der Waals surface area contributed by atoms with E-state index in [2.05, 4.69) is 47.4 Å². The number of carbonyl (C=O) groups excluding carboxylic acids is 1. The van der Waals surface area contributed by atoms with Crippen molar-refractivity contribution in [2.24, 2.45) is 11.8 Å². The molecule has 2 nitrogen and oxygen atoms in total. The number of benzene rings is 2. The highest BCUT2D eigenvalue weighted by atomic mass is 16.1. The average Bonchev–Trinajstić information content (AvgIpc) is 3.09. The molecule has 29 heavy (non-hydrogen) atoms. The number of hydrogen-bond acceptors (Lipinski definition) is 2. The van der Waals surface area contributed by atoms with E-state index in [-0.39, 0.29) is 5.41 Å². The molecule has 0 spiro atoms. The van der Waals surface area contributed by atoms with Crippen LogP contribution in [-0.4, -0.2) is 30.3 Å². The Morgan fingerprint density at radius 2 is 1.52 bits per heavy atom. The predicted octanol–water partition coefficient (Wildman–Crippen LogP) is 5.66. The molecule has 1 saturated heterocycles. The van der Waals surface area contributed by atoms with E-state index in [0.717, 1.165) is 43.8 Å². The van der Waals surface area contributed by atoms with Gasteiger partial charge < -0.3 is 4.90 Å². The maximum absolute atomic E-state index is 13.8. The van der Waals surface area contributed by atoms with Crippen LogP contribution in [0.5, 0.6) is 0 Å². The number of carbonyl (C=O) groups is 1. The lowest BCUT2D eigenvalue weighted by molar-refractivity contribution is 0.0713. The minimum absolute atomic E-state index is 0.359. The van der Waals surface area contributed by atoms with Crippen molar-refractivity contribution >= 4 is 5.78 Å². The van der Waals surface area contributed by atoms with Gasteiger partial charge in [-0.3, -0.25) is 4.79 Å². The molecule has 2 fully saturated rings. The molecule has 5 rings (SSSR count). The number of likely N-dealkylation sites (tertiary alicyclic amines) is 1. The summed E-state index contributed by atoms with van der Waals surface area (Å²) in [7, 11) is 0. The summed E-state index contributed by atoms with van der Waals surface area (Å²) in [5.41, 5.74) is 3.07. The number of ketones is 1. The van der Waals surface area contributed by atoms with Crippen LogP contribution in [0.25, 0.3) is 0 Å². The minimum Gasteiger partial charge on any atom is -0.303 e. The van der Waals surface area contributed by atoms with Crippen LogP contribution in [0.2, 0.25) is 0 Å². The lowest BCUT2D eigenvalue weighted by atomic mass is 9.64. The maximum atomic E-state index is 13.8. The van der Waals surface area contributed by atoms with Crippen LogP contribution in [0.3, 0.4) is 0 Å². The zero-order valence-corrected chi connectivity index (χ0v) is 17.5. The second kappa shape index (κ2) is 8.07. The molecule has 2 heteroatoms. The van der Waals surface area contributed by atoms with Crippen molar-refractivity contribution in [1.29, 1.82) is 0 Å². The molecule has 0 radical (unpaired) electrons. The van der Waals surface area contributed by atoms with Gasteiger partial charge in [-0.1, -0.05) is 73.9 Å². The second-order valence-electron chi connectivity index (χ2n) is 9.58. The molecule has 1 aliphatic heterocycles. The van der Waals surface area contributed by atoms with Gasteiger partial charge in [-0.05, 0) is 68.2 Å². The van der Waals surface area contributed by atoms with Gasteiger partial charge in [0.25, 0.3) is 0 Å². The largest absolute Gasteiger partial charge is 0.303 e. The van der Waals surface area contributed by atoms with E-state index in [1.807, 2.05) is 12.1 Å². The molecule has 1 saturated carbocycles. The van der Waals surface area contributed by atoms with Crippen molar-refractivity contribution in [1.82, 2.24) is 4.90 Å². The third-order valence-corrected chi connectivity index (χ3v) is 7.95. The molecule has 0 amide bonds. The zero-order valence-electron chi connectivity index (χ0n) is 17.5. The number of piperidine rings is 1. The smallest absolute Gasteiger partial charge is 0.174 e. The molecule has 0 aromatic heterocycles. The second-order valence-corrected chi connectivity index (χ2v) is 9.58. The van der Waals surface area contributed by atoms with Crippen molar-refractivity contribution in [2.45, 2.75) is 56.8 Å². The normalized spacial score (nSPS) is 26.6. The number of nitrogens with zero attached hydrogens (tertiary/aromatic N) is 1. The topological polar surface area (TPSA) is 20.3 Å². The molecule has 0 N–H and O–H groups in total. The highest BCUT2D eigenvalue weighted by Crippen LogP contribution is 2.48. The fourth-order valence-electron chi connectivity index (χ4n) is 6.39. The standard InChI is InChI=1S/C27H33NO/c29-26-25-14-8-7-11-22(25)19-27(26,23-12-5-2-6-13-23)24-15-17-28(18-16-24)20-21-9-3-1-4-10-21/h2,5-8,11-14,21,24H,1,3-4,9-10,15-20H2. The fraction of sp³-hybridized carbons (Fsp3) is 0.519. The first-order chi connectivity index (χ1) is 14.3.